The summed E-state index contributed by atoms with van der Waals surface area (Å²) < 4.78 is 124. The number of allylic oxidation sites excluding steroid dienone is 6. The predicted molar refractivity (Wildman–Crippen MR) is 389 cm³/mol. The topological polar surface area (TPSA) is 180 Å². The van der Waals surface area contributed by atoms with Gasteiger partial charge in [0.25, 0.3) is 0 Å². The number of halogens is 6. The van der Waals surface area contributed by atoms with Gasteiger partial charge in [-0.25, -0.2) is 0 Å². The summed E-state index contributed by atoms with van der Waals surface area (Å²) in [5.74, 6) is 1.01. The molecule has 2 aromatic rings. The molecule has 0 radical (unpaired) electrons. The number of hydrogen-bond donors (Lipinski definition) is 1. The molecule has 2 fully saturated rings. The first kappa shape index (κ1) is 95.8. The largest absolute Gasteiger partial charge is 1.00 e. The van der Waals surface area contributed by atoms with Gasteiger partial charge in [-0.1, -0.05) is 165 Å². The van der Waals surface area contributed by atoms with E-state index in [1.54, 1.807) is 12.1 Å². The van der Waals surface area contributed by atoms with Gasteiger partial charge in [0.15, 0.2) is 33.3 Å². The van der Waals surface area contributed by atoms with Gasteiger partial charge < -0.3 is 48.0 Å². The summed E-state index contributed by atoms with van der Waals surface area (Å²) in [6, 6.07) is 10.0. The number of unbranched alkanes of at least 4 members (excludes halogenated alkanes) is 2. The number of carbonyl (C=O) groups is 2. The fraction of sp³-hybridized carbons (Fsp3) is 0.703. The van der Waals surface area contributed by atoms with Crippen LogP contribution in [0.2, 0.25) is 72.5 Å². The van der Waals surface area contributed by atoms with Crippen LogP contribution in [0.1, 0.15) is 180 Å². The van der Waals surface area contributed by atoms with Crippen molar-refractivity contribution in [2.45, 2.75) is 278 Å². The van der Waals surface area contributed by atoms with E-state index in [4.69, 9.17) is 37.0 Å². The van der Waals surface area contributed by atoms with Gasteiger partial charge in [0, 0.05) is 25.0 Å². The van der Waals surface area contributed by atoms with Crippen molar-refractivity contribution in [3.8, 4) is 11.5 Å². The summed E-state index contributed by atoms with van der Waals surface area (Å²) >= 11 is 0. The van der Waals surface area contributed by atoms with Crippen LogP contribution in [0.25, 0.3) is 0 Å². The van der Waals surface area contributed by atoms with E-state index in [0.717, 1.165) is 69.2 Å². The number of benzene rings is 2. The minimum absolute atomic E-state index is 0. The van der Waals surface area contributed by atoms with Crippen molar-refractivity contribution >= 4 is 45.2 Å². The van der Waals surface area contributed by atoms with Crippen molar-refractivity contribution in [1.29, 1.82) is 0 Å². The number of esters is 1. The van der Waals surface area contributed by atoms with Crippen LogP contribution in [0, 0.1) is 35.5 Å². The van der Waals surface area contributed by atoms with Gasteiger partial charge in [-0.05, 0) is 196 Å². The van der Waals surface area contributed by atoms with E-state index in [0.29, 0.717) is 24.7 Å². The predicted octanol–water partition coefficient (Wildman–Crippen LogP) is 18.5. The summed E-state index contributed by atoms with van der Waals surface area (Å²) in [6.07, 6.45) is 14.7. The van der Waals surface area contributed by atoms with Crippen molar-refractivity contribution in [3.05, 3.63) is 108 Å². The third-order valence-corrected chi connectivity index (χ3v) is 38.6. The quantitative estimate of drug-likeness (QED) is 0.0258. The zero-order valence-electron chi connectivity index (χ0n) is 62.8. The molecule has 0 aromatic heterocycles. The van der Waals surface area contributed by atoms with Crippen molar-refractivity contribution in [2.24, 2.45) is 35.5 Å². The fourth-order valence-electron chi connectivity index (χ4n) is 10.7. The standard InChI is InChI=1S/C37H61F3O5Si2.C36H59F3O5Si2.CH4.Li.2H2O/c1-27-24-33(45-47(11,12)36(5,6)7)32(20-15-13-14-16-21-34(41)42-8)31(27)23-22-30(44-46(9,10)35(2,3)4)26-43-29-19-17-18-28(25-29)37(38,39)40;1-26-23-32(44-46(10,11)35(5,6)7)31(19-14-12-13-15-20-33(40)41)30(26)22-21-29(43-45(8,9)34(2,3)4)25-42-28-18-16-17-27(24-28)36(37,38)39;;;;/h13,15,17-19,22-23,25,27,30-33H,14,16,20-21,24,26H2,1-12H3;12,14,16-18,21-22,24,26,29-32H,13,15,19-20,23,25H2,1-11H3,(H,40,41);1H4;;2*1H2/q;;;+1;;/p-1/b15-13-,23-22+;14-12-,22-21+;;;;/t27-,30-,31+,32-,33+;26-,29-,30+,31-,32+;;;;/m11..../s1. The summed E-state index contributed by atoms with van der Waals surface area (Å²) in [7, 11) is -7.16. The third-order valence-electron chi connectivity index (χ3n) is 20.6. The monoisotopic (exact) mass is 1440 g/mol. The molecule has 0 unspecified atom stereocenters. The third kappa shape index (κ3) is 31.1. The Morgan fingerprint density at radius 3 is 1.19 bits per heavy atom. The Morgan fingerprint density at radius 2 is 0.887 bits per heavy atom. The SMILES string of the molecule is C.COC(=O)CCC/C=C\C[C@@H]1[C@@H](/C=C/[C@H](COc2cccc(C(F)(F)F)c2)O[Si](C)(C)C(C)(C)C)[C@H](C)C[C@@H]1O[Si](C)(C)C(C)(C)C.C[C@@H]1C[C@H](O[Si](C)(C)C(C)(C)C)[C@H](C/C=C\CCCC(=O)O)[C@H]1/C=C/[C@H](COc1cccc(C(F)(F)F)c1)O[Si](C)(C)C(C)(C)C.O.[Li+].[OH-]. The Morgan fingerprint density at radius 1 is 0.557 bits per heavy atom. The van der Waals surface area contributed by atoms with Gasteiger partial charge in [0.2, 0.25) is 0 Å². The normalized spacial score (nSPS) is 21.5. The number of carboxylic acid groups (broad SMARTS) is 1. The number of ether oxygens (including phenoxy) is 3. The molecule has 4 N–H and O–H groups in total. The number of methoxy groups -OCH3 is 1. The number of alkyl halides is 6. The first-order chi connectivity index (χ1) is 42.4. The molecule has 12 nitrogen and oxygen atoms in total. The Bertz CT molecular complexity index is 2760. The molecular formula is C74H127F6LiO12Si4. The number of aliphatic carboxylic acids is 1. The van der Waals surface area contributed by atoms with Gasteiger partial charge in [-0.2, -0.15) is 26.3 Å². The molecule has 0 spiro atoms. The van der Waals surface area contributed by atoms with Crippen LogP contribution in [0.3, 0.4) is 0 Å². The van der Waals surface area contributed by atoms with Crippen molar-refractivity contribution < 1.29 is 103 Å². The van der Waals surface area contributed by atoms with E-state index in [-0.39, 0.29) is 130 Å². The maximum absolute atomic E-state index is 13.4. The van der Waals surface area contributed by atoms with Crippen LogP contribution in [0.15, 0.2) is 97.1 Å². The molecule has 2 aromatic carbocycles. The van der Waals surface area contributed by atoms with Crippen molar-refractivity contribution in [1.82, 2.24) is 0 Å². The van der Waals surface area contributed by atoms with Gasteiger partial charge >= 0.3 is 43.2 Å². The van der Waals surface area contributed by atoms with E-state index in [2.05, 4.69) is 198 Å². The molecule has 0 aliphatic heterocycles. The van der Waals surface area contributed by atoms with Gasteiger partial charge in [0.05, 0.1) is 30.4 Å². The van der Waals surface area contributed by atoms with Gasteiger partial charge in [0.1, 0.15) is 24.7 Å². The maximum Gasteiger partial charge on any atom is 1.00 e. The van der Waals surface area contributed by atoms with Crippen LogP contribution in [-0.4, -0.2) is 106 Å². The number of hydrogen-bond acceptors (Lipinski definition) is 10. The van der Waals surface area contributed by atoms with Crippen molar-refractivity contribution in [2.75, 3.05) is 20.3 Å². The average molecular weight is 1440 g/mol. The molecule has 97 heavy (non-hydrogen) atoms. The molecule has 0 bridgehead atoms. The smallest absolute Gasteiger partial charge is 0.870 e. The Kier molecular flexibility index (Phi) is 39.5. The Labute approximate surface area is 598 Å². The molecule has 0 saturated heterocycles. The van der Waals surface area contributed by atoms with Crippen LogP contribution in [0.5, 0.6) is 11.5 Å². The van der Waals surface area contributed by atoms with E-state index < -0.39 is 74.9 Å². The first-order valence-electron chi connectivity index (χ1n) is 33.7. The molecule has 0 heterocycles. The number of carbonyl (C=O) groups excluding carboxylic acids is 1. The van der Waals surface area contributed by atoms with Gasteiger partial charge in [-0.15, -0.1) is 0 Å². The van der Waals surface area contributed by atoms with E-state index in [9.17, 15) is 35.9 Å². The summed E-state index contributed by atoms with van der Waals surface area (Å²) in [6.45, 7) is 49.1. The number of carboxylic acids is 1. The van der Waals surface area contributed by atoms with Crippen LogP contribution < -0.4 is 28.3 Å². The molecule has 2 aliphatic rings. The number of rotatable bonds is 30. The van der Waals surface area contributed by atoms with E-state index in [1.165, 1.54) is 19.2 Å². The Hall–Kier alpha value is -3.26. The fourth-order valence-corrected chi connectivity index (χ4v) is 16.0. The maximum atomic E-state index is 13.4. The second kappa shape index (κ2) is 40.0. The summed E-state index contributed by atoms with van der Waals surface area (Å²) in [4.78, 5) is 22.4. The van der Waals surface area contributed by atoms with E-state index in [1.807, 2.05) is 0 Å². The van der Waals surface area contributed by atoms with Crippen molar-refractivity contribution in [3.63, 3.8) is 0 Å². The summed E-state index contributed by atoms with van der Waals surface area (Å²) in [5, 5.41) is 9.01. The molecule has 2 saturated carbocycles. The van der Waals surface area contributed by atoms with Crippen LogP contribution in [0.4, 0.5) is 26.3 Å². The molecular weight excluding hydrogens is 1310 g/mol. The van der Waals surface area contributed by atoms with Crippen LogP contribution >= 0.6 is 0 Å². The molecule has 2 aliphatic carbocycles. The molecule has 554 valence electrons. The molecule has 10 atom stereocenters. The van der Waals surface area contributed by atoms with E-state index >= 15 is 0 Å². The molecule has 4 rings (SSSR count). The van der Waals surface area contributed by atoms with Gasteiger partial charge in [-0.3, -0.25) is 9.59 Å². The minimum atomic E-state index is -4.45. The minimum Gasteiger partial charge on any atom is -0.870 e. The molecule has 0 amide bonds. The summed E-state index contributed by atoms with van der Waals surface area (Å²) in [5.41, 5.74) is -1.48. The average Bonchev–Trinajstić information content (AvgIpc) is 1.69. The second-order valence-electron chi connectivity index (χ2n) is 32.2. The zero-order chi connectivity index (χ0) is 71.0. The molecule has 23 heteroatoms. The van der Waals surface area contributed by atoms with Crippen LogP contribution in [-0.2, 0) is 44.4 Å². The first-order valence-corrected chi connectivity index (χ1v) is 45.3. The second-order valence-corrected chi connectivity index (χ2v) is 51.2. The zero-order valence-corrected chi connectivity index (χ0v) is 66.8. The Balaban J connectivity index is 0.